The highest BCUT2D eigenvalue weighted by molar-refractivity contribution is 5.67. The van der Waals surface area contributed by atoms with Gasteiger partial charge in [0, 0.05) is 26.6 Å². The van der Waals surface area contributed by atoms with Crippen LogP contribution in [0.3, 0.4) is 0 Å². The smallest absolute Gasteiger partial charge is 0.407 e. The molecule has 0 saturated carbocycles. The molecule has 1 heterocycles. The molecule has 1 amide bonds. The van der Waals surface area contributed by atoms with Crippen molar-refractivity contribution in [3.05, 3.63) is 12.2 Å². The van der Waals surface area contributed by atoms with Gasteiger partial charge in [-0.3, -0.25) is 0 Å². The maximum atomic E-state index is 11.7. The number of aryl methyl sites for hydroxylation is 1. The van der Waals surface area contributed by atoms with Crippen molar-refractivity contribution in [2.75, 3.05) is 19.6 Å². The zero-order chi connectivity index (χ0) is 17.5. The molecule has 1 aromatic heterocycles. The Labute approximate surface area is 139 Å². The van der Waals surface area contributed by atoms with Crippen LogP contribution in [0.25, 0.3) is 0 Å². The van der Waals surface area contributed by atoms with Gasteiger partial charge in [0.25, 0.3) is 0 Å². The van der Waals surface area contributed by atoms with Crippen molar-refractivity contribution in [2.24, 2.45) is 18.9 Å². The van der Waals surface area contributed by atoms with E-state index in [2.05, 4.69) is 34.7 Å². The Morgan fingerprint density at radius 2 is 2.04 bits per heavy atom. The number of alkyl carbamates (subject to hydrolysis) is 1. The fraction of sp³-hybridized carbons (Fsp3) is 0.812. The van der Waals surface area contributed by atoms with Gasteiger partial charge in [-0.1, -0.05) is 13.8 Å². The predicted molar refractivity (Wildman–Crippen MR) is 90.1 cm³/mol. The molecule has 0 fully saturated rings. The summed E-state index contributed by atoms with van der Waals surface area (Å²) in [6.07, 6.45) is 2.18. The summed E-state index contributed by atoms with van der Waals surface area (Å²) in [4.78, 5) is 11.7. The largest absolute Gasteiger partial charge is 0.444 e. The molecular weight excluding hydrogens is 294 g/mol. The van der Waals surface area contributed by atoms with E-state index < -0.39 is 5.60 Å². The van der Waals surface area contributed by atoms with E-state index in [1.807, 2.05) is 32.4 Å². The lowest BCUT2D eigenvalue weighted by atomic mass is 9.96. The molecule has 1 aromatic rings. The first-order chi connectivity index (χ1) is 10.7. The van der Waals surface area contributed by atoms with Gasteiger partial charge in [0.1, 0.15) is 17.8 Å². The van der Waals surface area contributed by atoms with Crippen LogP contribution < -0.4 is 10.6 Å². The lowest BCUT2D eigenvalue weighted by Crippen LogP contribution is -2.40. The van der Waals surface area contributed by atoms with Crippen molar-refractivity contribution in [1.29, 1.82) is 0 Å². The quantitative estimate of drug-likeness (QED) is 0.712. The Morgan fingerprint density at radius 1 is 1.35 bits per heavy atom. The number of rotatable bonds is 8. The van der Waals surface area contributed by atoms with E-state index in [1.165, 1.54) is 0 Å². The number of hydrogen-bond acceptors (Lipinski definition) is 5. The molecule has 0 aliphatic heterocycles. The van der Waals surface area contributed by atoms with Gasteiger partial charge in [0.15, 0.2) is 0 Å². The minimum Gasteiger partial charge on any atom is -0.444 e. The summed E-state index contributed by atoms with van der Waals surface area (Å²) in [5.41, 5.74) is -0.467. The van der Waals surface area contributed by atoms with Gasteiger partial charge in [-0.25, -0.2) is 4.79 Å². The second-order valence-corrected chi connectivity index (χ2v) is 7.20. The van der Waals surface area contributed by atoms with Crippen LogP contribution in [-0.2, 0) is 18.2 Å². The number of ether oxygens (including phenoxy) is 1. The molecule has 1 atom stereocenters. The average molecular weight is 325 g/mol. The molecule has 0 aliphatic carbocycles. The topological polar surface area (TPSA) is 81.1 Å². The van der Waals surface area contributed by atoms with E-state index in [0.29, 0.717) is 18.4 Å². The number of aromatic nitrogens is 3. The van der Waals surface area contributed by atoms with Crippen LogP contribution >= 0.6 is 0 Å². The van der Waals surface area contributed by atoms with E-state index in [9.17, 15) is 4.79 Å². The van der Waals surface area contributed by atoms with Gasteiger partial charge in [-0.15, -0.1) is 10.2 Å². The van der Waals surface area contributed by atoms with Crippen molar-refractivity contribution in [3.63, 3.8) is 0 Å². The van der Waals surface area contributed by atoms with Crippen LogP contribution in [0.1, 0.15) is 40.4 Å². The van der Waals surface area contributed by atoms with Crippen molar-refractivity contribution < 1.29 is 9.53 Å². The van der Waals surface area contributed by atoms with Crippen molar-refractivity contribution in [2.45, 2.75) is 46.6 Å². The third kappa shape index (κ3) is 7.97. The average Bonchev–Trinajstić information content (AvgIpc) is 2.81. The van der Waals surface area contributed by atoms with E-state index in [1.54, 1.807) is 6.33 Å². The standard InChI is InChI=1S/C16H31N5O2/c1-12(2)13(10-18-15(22)23-16(3,4)5)9-17-8-7-14-20-19-11-21(14)6/h11-13,17H,7-10H2,1-6H3,(H,18,22). The van der Waals surface area contributed by atoms with Crippen LogP contribution in [0.4, 0.5) is 4.79 Å². The zero-order valence-electron chi connectivity index (χ0n) is 15.2. The van der Waals surface area contributed by atoms with Crippen LogP contribution in [-0.4, -0.2) is 46.1 Å². The second-order valence-electron chi connectivity index (χ2n) is 7.20. The van der Waals surface area contributed by atoms with E-state index in [-0.39, 0.29) is 6.09 Å². The number of nitrogens with zero attached hydrogens (tertiary/aromatic N) is 3. The Balaban J connectivity index is 2.29. The highest BCUT2D eigenvalue weighted by Crippen LogP contribution is 2.10. The lowest BCUT2D eigenvalue weighted by molar-refractivity contribution is 0.0515. The lowest BCUT2D eigenvalue weighted by Gasteiger charge is -2.24. The van der Waals surface area contributed by atoms with Crippen LogP contribution in [0.15, 0.2) is 6.33 Å². The van der Waals surface area contributed by atoms with Gasteiger partial charge in [0.05, 0.1) is 0 Å². The second kappa shape index (κ2) is 8.86. The molecule has 0 bridgehead atoms. The number of carbonyl (C=O) groups is 1. The minimum atomic E-state index is -0.467. The molecule has 0 radical (unpaired) electrons. The molecule has 0 aliphatic rings. The number of hydrogen-bond donors (Lipinski definition) is 2. The molecule has 2 N–H and O–H groups in total. The number of nitrogens with one attached hydrogen (secondary N) is 2. The fourth-order valence-corrected chi connectivity index (χ4v) is 2.09. The highest BCUT2D eigenvalue weighted by atomic mass is 16.6. The van der Waals surface area contributed by atoms with Gasteiger partial charge in [-0.05, 0) is 39.2 Å². The maximum absolute atomic E-state index is 11.7. The van der Waals surface area contributed by atoms with Crippen molar-refractivity contribution in [3.8, 4) is 0 Å². The first-order valence-corrected chi connectivity index (χ1v) is 8.19. The minimum absolute atomic E-state index is 0.349. The predicted octanol–water partition coefficient (Wildman–Crippen LogP) is 1.74. The molecule has 0 spiro atoms. The van der Waals surface area contributed by atoms with Crippen LogP contribution in [0.2, 0.25) is 0 Å². The Morgan fingerprint density at radius 3 is 2.57 bits per heavy atom. The number of carbonyl (C=O) groups excluding carboxylic acids is 1. The summed E-state index contributed by atoms with van der Waals surface area (Å²) in [6.45, 7) is 12.2. The molecule has 7 heteroatoms. The molecule has 23 heavy (non-hydrogen) atoms. The molecule has 1 rings (SSSR count). The number of amides is 1. The van der Waals surface area contributed by atoms with Crippen LogP contribution in [0.5, 0.6) is 0 Å². The van der Waals surface area contributed by atoms with Gasteiger partial charge < -0.3 is 19.9 Å². The summed E-state index contributed by atoms with van der Waals surface area (Å²) in [5.74, 6) is 1.78. The summed E-state index contributed by atoms with van der Waals surface area (Å²) in [6, 6.07) is 0. The Hall–Kier alpha value is -1.63. The first-order valence-electron chi connectivity index (χ1n) is 8.19. The van der Waals surface area contributed by atoms with E-state index in [4.69, 9.17) is 4.74 Å². The van der Waals surface area contributed by atoms with E-state index >= 15 is 0 Å². The third-order valence-corrected chi connectivity index (χ3v) is 3.59. The fourth-order valence-electron chi connectivity index (χ4n) is 2.09. The van der Waals surface area contributed by atoms with Crippen molar-refractivity contribution >= 4 is 6.09 Å². The normalized spacial score (nSPS) is 13.2. The van der Waals surface area contributed by atoms with Crippen molar-refractivity contribution in [1.82, 2.24) is 25.4 Å². The molecule has 7 nitrogen and oxygen atoms in total. The molecule has 0 aromatic carbocycles. The van der Waals surface area contributed by atoms with E-state index in [0.717, 1.165) is 25.3 Å². The van der Waals surface area contributed by atoms with Gasteiger partial charge in [-0.2, -0.15) is 0 Å². The first kappa shape index (κ1) is 19.4. The van der Waals surface area contributed by atoms with Crippen LogP contribution in [0, 0.1) is 11.8 Å². The molecule has 1 unspecified atom stereocenters. The van der Waals surface area contributed by atoms with Gasteiger partial charge in [0.2, 0.25) is 0 Å². The highest BCUT2D eigenvalue weighted by Gasteiger charge is 2.19. The van der Waals surface area contributed by atoms with Gasteiger partial charge >= 0.3 is 6.09 Å². The SMILES string of the molecule is CC(C)C(CNCCc1nncn1C)CNC(=O)OC(C)(C)C. The monoisotopic (exact) mass is 325 g/mol. The Bertz CT molecular complexity index is 479. The summed E-state index contributed by atoms with van der Waals surface area (Å²) >= 11 is 0. The summed E-state index contributed by atoms with van der Waals surface area (Å²) in [7, 11) is 1.94. The Kier molecular flexibility index (Phi) is 7.48. The summed E-state index contributed by atoms with van der Waals surface area (Å²) < 4.78 is 7.19. The summed E-state index contributed by atoms with van der Waals surface area (Å²) in [5, 5.41) is 14.2. The molecule has 0 saturated heterocycles. The zero-order valence-corrected chi connectivity index (χ0v) is 15.2. The maximum Gasteiger partial charge on any atom is 0.407 e. The third-order valence-electron chi connectivity index (χ3n) is 3.59. The molecule has 132 valence electrons. The molecular formula is C16H31N5O2.